The number of hydrogen-bond donors (Lipinski definition) is 1. The van der Waals surface area contributed by atoms with E-state index >= 15 is 0 Å². The Morgan fingerprint density at radius 1 is 0.421 bits per heavy atom. The number of quaternary nitrogens is 1. The monoisotopic (exact) mass is 1080 g/mol. The molecule has 0 spiro atoms. The van der Waals surface area contributed by atoms with Crippen molar-refractivity contribution >= 4 is 19.8 Å². The molecule has 0 aromatic rings. The molecule has 0 saturated carbocycles. The van der Waals surface area contributed by atoms with E-state index in [0.717, 1.165) is 83.5 Å². The summed E-state index contributed by atoms with van der Waals surface area (Å²) in [5.41, 5.74) is 0. The van der Waals surface area contributed by atoms with Crippen LogP contribution in [0, 0.1) is 0 Å². The third kappa shape index (κ3) is 60.4. The van der Waals surface area contributed by atoms with Crippen LogP contribution < -0.4 is 0 Å². The molecule has 0 aliphatic rings. The van der Waals surface area contributed by atoms with Gasteiger partial charge < -0.3 is 18.9 Å². The first-order chi connectivity index (χ1) is 37.0. The standard InChI is InChI=1S/C66H118NO8P/c1-6-8-10-12-14-16-18-20-22-24-26-28-30-32-33-35-37-39-41-43-45-47-49-51-53-55-57-59-66(69)75-64(63-74-76(70,71)73-61-60-67(3,4)5)62-72-65(68)58-56-54-52-50-48-46-44-42-40-38-36-34-31-29-27-25-23-21-19-17-15-13-11-9-7-2/h8,10,14,16,20,22,25-28,32-33,37,39,64H,6-7,9,11-13,15,17-19,21,23-24,29-31,34-36,38,40-63H2,1-5H3/p+1/b10-8-,16-14-,22-20-,27-25-,28-26-,33-32-,39-37-. The molecule has 0 heterocycles. The summed E-state index contributed by atoms with van der Waals surface area (Å²) in [4.78, 5) is 35.8. The van der Waals surface area contributed by atoms with Gasteiger partial charge in [-0.05, 0) is 89.9 Å². The maximum atomic E-state index is 12.8. The van der Waals surface area contributed by atoms with Gasteiger partial charge in [0.1, 0.15) is 19.8 Å². The van der Waals surface area contributed by atoms with Crippen LogP contribution in [0.25, 0.3) is 0 Å². The predicted molar refractivity (Wildman–Crippen MR) is 325 cm³/mol. The van der Waals surface area contributed by atoms with E-state index in [1.54, 1.807) is 0 Å². The molecule has 0 radical (unpaired) electrons. The summed E-state index contributed by atoms with van der Waals surface area (Å²) >= 11 is 0. The van der Waals surface area contributed by atoms with Crippen molar-refractivity contribution in [3.8, 4) is 0 Å². The van der Waals surface area contributed by atoms with E-state index in [1.807, 2.05) is 21.1 Å². The highest BCUT2D eigenvalue weighted by Gasteiger charge is 2.27. The van der Waals surface area contributed by atoms with Gasteiger partial charge in [0, 0.05) is 12.8 Å². The van der Waals surface area contributed by atoms with Crippen molar-refractivity contribution in [2.75, 3.05) is 47.5 Å². The quantitative estimate of drug-likeness (QED) is 0.0211. The van der Waals surface area contributed by atoms with E-state index in [4.69, 9.17) is 18.5 Å². The first kappa shape index (κ1) is 73.2. The molecule has 0 bridgehead atoms. The van der Waals surface area contributed by atoms with E-state index in [2.05, 4.69) is 98.9 Å². The van der Waals surface area contributed by atoms with Crippen molar-refractivity contribution in [1.82, 2.24) is 0 Å². The van der Waals surface area contributed by atoms with Gasteiger partial charge in [0.15, 0.2) is 6.10 Å². The van der Waals surface area contributed by atoms with Gasteiger partial charge in [-0.25, -0.2) is 4.57 Å². The molecule has 76 heavy (non-hydrogen) atoms. The lowest BCUT2D eigenvalue weighted by atomic mass is 10.0. The molecule has 0 aromatic carbocycles. The number of nitrogens with zero attached hydrogens (tertiary/aromatic N) is 1. The molecule has 0 fully saturated rings. The number of phosphoric acid groups is 1. The van der Waals surface area contributed by atoms with Crippen molar-refractivity contribution in [2.45, 2.75) is 277 Å². The number of ether oxygens (including phenoxy) is 2. The summed E-state index contributed by atoms with van der Waals surface area (Å²) in [5.74, 6) is -0.803. The van der Waals surface area contributed by atoms with Crippen molar-refractivity contribution in [2.24, 2.45) is 0 Å². The Hall–Kier alpha value is -2.81. The maximum Gasteiger partial charge on any atom is 0.472 e. The third-order valence-electron chi connectivity index (χ3n) is 13.4. The number of phosphoric ester groups is 1. The zero-order chi connectivity index (χ0) is 55.6. The molecule has 0 aromatic heterocycles. The van der Waals surface area contributed by atoms with Gasteiger partial charge in [0.2, 0.25) is 0 Å². The fourth-order valence-electron chi connectivity index (χ4n) is 8.60. The number of unbranched alkanes of at least 4 members (excludes halogenated alkanes) is 29. The summed E-state index contributed by atoms with van der Waals surface area (Å²) in [6.45, 7) is 4.33. The SMILES string of the molecule is CC/C=C\C/C=C\C/C=C\C/C=C\C/C=C\C/C=C\CCCCCCCCCCC(=O)OC(COC(=O)CCCCCCCCCCCCCCC/C=C\CCCCCCCCCC)COP(=O)(O)OCC[N+](C)(C)C. The second-order valence-electron chi connectivity index (χ2n) is 22.1. The van der Waals surface area contributed by atoms with E-state index in [-0.39, 0.29) is 32.0 Å². The lowest BCUT2D eigenvalue weighted by Gasteiger charge is -2.24. The molecule has 1 N–H and O–H groups in total. The van der Waals surface area contributed by atoms with Crippen molar-refractivity contribution in [3.05, 3.63) is 85.1 Å². The highest BCUT2D eigenvalue weighted by molar-refractivity contribution is 7.47. The van der Waals surface area contributed by atoms with Crippen LogP contribution >= 0.6 is 7.82 Å². The average Bonchev–Trinajstić information content (AvgIpc) is 3.38. The molecule has 0 saturated heterocycles. The van der Waals surface area contributed by atoms with Gasteiger partial charge in [-0.2, -0.15) is 0 Å². The molecule has 2 atom stereocenters. The second kappa shape index (κ2) is 56.9. The summed E-state index contributed by atoms with van der Waals surface area (Å²) in [6, 6.07) is 0. The lowest BCUT2D eigenvalue weighted by Crippen LogP contribution is -2.37. The van der Waals surface area contributed by atoms with Crippen LogP contribution in [-0.4, -0.2) is 74.9 Å². The van der Waals surface area contributed by atoms with Gasteiger partial charge in [-0.15, -0.1) is 0 Å². The summed E-state index contributed by atoms with van der Waals surface area (Å²) in [5, 5.41) is 0. The third-order valence-corrected chi connectivity index (χ3v) is 14.4. The predicted octanol–water partition coefficient (Wildman–Crippen LogP) is 19.8. The molecule has 0 aliphatic carbocycles. The van der Waals surface area contributed by atoms with Crippen molar-refractivity contribution in [1.29, 1.82) is 0 Å². The minimum Gasteiger partial charge on any atom is -0.462 e. The molecule has 0 rings (SSSR count). The zero-order valence-corrected chi connectivity index (χ0v) is 50.9. The van der Waals surface area contributed by atoms with Crippen LogP contribution in [0.4, 0.5) is 0 Å². The Kier molecular flexibility index (Phi) is 54.8. The maximum absolute atomic E-state index is 12.8. The van der Waals surface area contributed by atoms with Gasteiger partial charge in [0.05, 0.1) is 27.7 Å². The van der Waals surface area contributed by atoms with Crippen LogP contribution in [0.1, 0.15) is 271 Å². The zero-order valence-electron chi connectivity index (χ0n) is 50.0. The highest BCUT2D eigenvalue weighted by Crippen LogP contribution is 2.43. The fourth-order valence-corrected chi connectivity index (χ4v) is 9.34. The summed E-state index contributed by atoms with van der Waals surface area (Å²) in [6.07, 6.45) is 76.6. The van der Waals surface area contributed by atoms with E-state index in [1.165, 1.54) is 154 Å². The summed E-state index contributed by atoms with van der Waals surface area (Å²) in [7, 11) is 1.47. The van der Waals surface area contributed by atoms with Crippen LogP contribution in [0.15, 0.2) is 85.1 Å². The van der Waals surface area contributed by atoms with Crippen LogP contribution in [0.3, 0.4) is 0 Å². The molecule has 0 amide bonds. The van der Waals surface area contributed by atoms with Crippen LogP contribution in [-0.2, 0) is 32.7 Å². The number of rotatable bonds is 57. The van der Waals surface area contributed by atoms with Crippen molar-refractivity contribution < 1.29 is 42.1 Å². The molecule has 440 valence electrons. The number of hydrogen-bond acceptors (Lipinski definition) is 7. The van der Waals surface area contributed by atoms with Gasteiger partial charge >= 0.3 is 19.8 Å². The number of carbonyl (C=O) groups is 2. The van der Waals surface area contributed by atoms with E-state index in [0.29, 0.717) is 17.4 Å². The summed E-state index contributed by atoms with van der Waals surface area (Å²) < 4.78 is 34.6. The van der Waals surface area contributed by atoms with Gasteiger partial charge in [0.25, 0.3) is 0 Å². The Morgan fingerprint density at radius 2 is 0.750 bits per heavy atom. The number of carbonyl (C=O) groups excluding carboxylic acids is 2. The largest absolute Gasteiger partial charge is 0.472 e. The van der Waals surface area contributed by atoms with E-state index < -0.39 is 26.5 Å². The molecule has 2 unspecified atom stereocenters. The normalized spacial score (nSPS) is 13.8. The van der Waals surface area contributed by atoms with Gasteiger partial charge in [-0.1, -0.05) is 253 Å². The smallest absolute Gasteiger partial charge is 0.462 e. The Labute approximate surface area is 469 Å². The fraction of sp³-hybridized carbons (Fsp3) is 0.758. The lowest BCUT2D eigenvalue weighted by molar-refractivity contribution is -0.870. The first-order valence-electron chi connectivity index (χ1n) is 31.3. The molecule has 9 nitrogen and oxygen atoms in total. The van der Waals surface area contributed by atoms with Gasteiger partial charge in [-0.3, -0.25) is 18.6 Å². The molecule has 10 heteroatoms. The molecular weight excluding hydrogens is 966 g/mol. The Morgan fingerprint density at radius 3 is 1.13 bits per heavy atom. The number of esters is 2. The second-order valence-corrected chi connectivity index (χ2v) is 23.5. The minimum atomic E-state index is -4.40. The van der Waals surface area contributed by atoms with Crippen LogP contribution in [0.5, 0.6) is 0 Å². The molecule has 0 aliphatic heterocycles. The highest BCUT2D eigenvalue weighted by atomic mass is 31.2. The average molecular weight is 1090 g/mol. The Bertz CT molecular complexity index is 1560. The molecular formula is C66H119NO8P+. The number of likely N-dealkylation sites (N-methyl/N-ethyl adjacent to an activating group) is 1. The number of allylic oxidation sites excluding steroid dienone is 14. The Balaban J connectivity index is 4.15. The topological polar surface area (TPSA) is 108 Å². The van der Waals surface area contributed by atoms with Crippen molar-refractivity contribution in [3.63, 3.8) is 0 Å². The van der Waals surface area contributed by atoms with E-state index in [9.17, 15) is 19.0 Å². The minimum absolute atomic E-state index is 0.0269. The first-order valence-corrected chi connectivity index (χ1v) is 32.8. The van der Waals surface area contributed by atoms with Crippen LogP contribution in [0.2, 0.25) is 0 Å².